The lowest BCUT2D eigenvalue weighted by Crippen LogP contribution is -2.04. The van der Waals surface area contributed by atoms with Gasteiger partial charge >= 0.3 is 0 Å². The van der Waals surface area contributed by atoms with Gasteiger partial charge in [0.15, 0.2) is 5.78 Å². The van der Waals surface area contributed by atoms with E-state index in [9.17, 15) is 4.79 Å². The van der Waals surface area contributed by atoms with E-state index < -0.39 is 0 Å². The fourth-order valence-corrected chi connectivity index (χ4v) is 1.96. The van der Waals surface area contributed by atoms with Gasteiger partial charge in [0.1, 0.15) is 12.4 Å². The van der Waals surface area contributed by atoms with Crippen LogP contribution in [0.25, 0.3) is 6.08 Å². The van der Waals surface area contributed by atoms with E-state index in [-0.39, 0.29) is 5.78 Å². The fraction of sp³-hybridized carbons (Fsp3) is 0.167. The van der Waals surface area contributed by atoms with Gasteiger partial charge in [0, 0.05) is 17.7 Å². The topological polar surface area (TPSA) is 35.5 Å². The third kappa shape index (κ3) is 5.02. The largest absolute Gasteiger partial charge is 0.491 e. The Morgan fingerprint density at radius 2 is 1.91 bits per heavy atom. The number of hydrogen-bond donors (Lipinski definition) is 0. The number of carbonyl (C=O) groups is 1. The lowest BCUT2D eigenvalue weighted by atomic mass is 10.1. The Labute approximate surface area is 135 Å². The van der Waals surface area contributed by atoms with Crippen LogP contribution in [0.4, 0.5) is 0 Å². The summed E-state index contributed by atoms with van der Waals surface area (Å²) >= 11 is 5.81. The molecule has 0 aliphatic heterocycles. The zero-order chi connectivity index (χ0) is 15.8. The van der Waals surface area contributed by atoms with Gasteiger partial charge in [-0.15, -0.1) is 0 Å². The summed E-state index contributed by atoms with van der Waals surface area (Å²) in [7, 11) is 1.63. The summed E-state index contributed by atoms with van der Waals surface area (Å²) in [5.41, 5.74) is 1.50. The SMILES string of the molecule is COCCOc1cccc(/C=C/C(=O)c2ccc(Cl)cc2)c1. The Hall–Kier alpha value is -2.10. The zero-order valence-corrected chi connectivity index (χ0v) is 13.0. The van der Waals surface area contributed by atoms with Gasteiger partial charge in [0.2, 0.25) is 0 Å². The minimum Gasteiger partial charge on any atom is -0.491 e. The van der Waals surface area contributed by atoms with Crippen molar-refractivity contribution in [2.75, 3.05) is 20.3 Å². The van der Waals surface area contributed by atoms with E-state index in [0.717, 1.165) is 11.3 Å². The van der Waals surface area contributed by atoms with Crippen molar-refractivity contribution < 1.29 is 14.3 Å². The molecule has 0 fully saturated rings. The number of benzene rings is 2. The molecule has 0 bridgehead atoms. The second kappa shape index (κ2) is 8.37. The molecule has 114 valence electrons. The van der Waals surface area contributed by atoms with Crippen molar-refractivity contribution in [3.63, 3.8) is 0 Å². The highest BCUT2D eigenvalue weighted by atomic mass is 35.5. The average Bonchev–Trinajstić information content (AvgIpc) is 2.54. The Kier molecular flexibility index (Phi) is 6.19. The molecule has 0 aliphatic rings. The van der Waals surface area contributed by atoms with Crippen LogP contribution in [0.3, 0.4) is 0 Å². The van der Waals surface area contributed by atoms with E-state index >= 15 is 0 Å². The molecular formula is C18H17ClO3. The average molecular weight is 317 g/mol. The van der Waals surface area contributed by atoms with Crippen molar-refractivity contribution >= 4 is 23.5 Å². The van der Waals surface area contributed by atoms with Gasteiger partial charge in [0.05, 0.1) is 6.61 Å². The highest BCUT2D eigenvalue weighted by molar-refractivity contribution is 6.30. The quantitative estimate of drug-likeness (QED) is 0.435. The summed E-state index contributed by atoms with van der Waals surface area (Å²) in [6, 6.07) is 14.4. The van der Waals surface area contributed by atoms with Crippen molar-refractivity contribution in [1.82, 2.24) is 0 Å². The molecule has 3 nitrogen and oxygen atoms in total. The van der Waals surface area contributed by atoms with Crippen molar-refractivity contribution in [2.24, 2.45) is 0 Å². The van der Waals surface area contributed by atoms with Crippen molar-refractivity contribution in [1.29, 1.82) is 0 Å². The minimum absolute atomic E-state index is 0.0672. The Morgan fingerprint density at radius 3 is 2.64 bits per heavy atom. The van der Waals surface area contributed by atoms with Gasteiger partial charge in [0.25, 0.3) is 0 Å². The molecule has 22 heavy (non-hydrogen) atoms. The Balaban J connectivity index is 2.01. The van der Waals surface area contributed by atoms with E-state index in [1.165, 1.54) is 6.08 Å². The fourth-order valence-electron chi connectivity index (χ4n) is 1.83. The lowest BCUT2D eigenvalue weighted by Gasteiger charge is -2.05. The molecule has 0 aliphatic carbocycles. The van der Waals surface area contributed by atoms with Gasteiger partial charge in [-0.05, 0) is 48.0 Å². The highest BCUT2D eigenvalue weighted by Crippen LogP contribution is 2.15. The molecule has 0 aromatic heterocycles. The van der Waals surface area contributed by atoms with Crippen molar-refractivity contribution in [3.05, 3.63) is 70.8 Å². The molecule has 0 heterocycles. The maximum atomic E-state index is 12.0. The molecule has 0 N–H and O–H groups in total. The van der Waals surface area contributed by atoms with Crippen molar-refractivity contribution in [2.45, 2.75) is 0 Å². The van der Waals surface area contributed by atoms with Gasteiger partial charge in [-0.25, -0.2) is 0 Å². The maximum Gasteiger partial charge on any atom is 0.185 e. The van der Waals surface area contributed by atoms with Crippen LogP contribution in [-0.4, -0.2) is 26.1 Å². The van der Waals surface area contributed by atoms with Gasteiger partial charge < -0.3 is 9.47 Å². The van der Waals surface area contributed by atoms with Crippen LogP contribution < -0.4 is 4.74 Å². The summed E-state index contributed by atoms with van der Waals surface area (Å²) in [5.74, 6) is 0.681. The number of ether oxygens (including phenoxy) is 2. The van der Waals surface area contributed by atoms with Crippen LogP contribution in [0.5, 0.6) is 5.75 Å². The normalized spacial score (nSPS) is 10.8. The number of hydrogen-bond acceptors (Lipinski definition) is 3. The predicted octanol–water partition coefficient (Wildman–Crippen LogP) is 4.26. The first-order valence-corrected chi connectivity index (χ1v) is 7.26. The number of methoxy groups -OCH3 is 1. The molecule has 0 saturated carbocycles. The summed E-state index contributed by atoms with van der Waals surface area (Å²) in [5, 5.41) is 0.612. The number of rotatable bonds is 7. The Bertz CT molecular complexity index is 648. The first-order chi connectivity index (χ1) is 10.7. The smallest absolute Gasteiger partial charge is 0.185 e. The van der Waals surface area contributed by atoms with Gasteiger partial charge in [-0.3, -0.25) is 4.79 Å². The molecule has 0 radical (unpaired) electrons. The molecule has 0 amide bonds. The summed E-state index contributed by atoms with van der Waals surface area (Å²) in [4.78, 5) is 12.0. The third-order valence-electron chi connectivity index (χ3n) is 2.97. The van der Waals surface area contributed by atoms with E-state index in [1.807, 2.05) is 24.3 Å². The van der Waals surface area contributed by atoms with Crippen LogP contribution in [0, 0.1) is 0 Å². The molecule has 0 saturated heterocycles. The molecule has 2 aromatic carbocycles. The molecule has 0 unspecified atom stereocenters. The summed E-state index contributed by atoms with van der Waals surface area (Å²) in [6.45, 7) is 1.03. The Morgan fingerprint density at radius 1 is 1.14 bits per heavy atom. The van der Waals surface area contributed by atoms with Gasteiger partial charge in [-0.2, -0.15) is 0 Å². The number of allylic oxidation sites excluding steroid dienone is 1. The summed E-state index contributed by atoms with van der Waals surface area (Å²) in [6.07, 6.45) is 3.30. The van der Waals surface area contributed by atoms with Crippen LogP contribution in [0.15, 0.2) is 54.6 Å². The highest BCUT2D eigenvalue weighted by Gasteiger charge is 2.01. The first-order valence-electron chi connectivity index (χ1n) is 6.89. The lowest BCUT2D eigenvalue weighted by molar-refractivity contribution is 0.104. The molecule has 2 aromatic rings. The number of ketones is 1. The number of carbonyl (C=O) groups excluding carboxylic acids is 1. The molecule has 2 rings (SSSR count). The summed E-state index contributed by atoms with van der Waals surface area (Å²) < 4.78 is 10.5. The first kappa shape index (κ1) is 16.3. The van der Waals surface area contributed by atoms with E-state index in [0.29, 0.717) is 23.8 Å². The molecule has 4 heteroatoms. The molecule has 0 atom stereocenters. The second-order valence-electron chi connectivity index (χ2n) is 4.62. The minimum atomic E-state index is -0.0672. The zero-order valence-electron chi connectivity index (χ0n) is 12.3. The molecular weight excluding hydrogens is 300 g/mol. The standard InChI is InChI=1S/C18H17ClO3/c1-21-11-12-22-17-4-2-3-14(13-17)5-10-18(20)15-6-8-16(19)9-7-15/h2-10,13H,11-12H2,1H3/b10-5+. The van der Waals surface area contributed by atoms with Crippen LogP contribution >= 0.6 is 11.6 Å². The monoisotopic (exact) mass is 316 g/mol. The maximum absolute atomic E-state index is 12.0. The van der Waals surface area contributed by atoms with E-state index in [1.54, 1.807) is 37.5 Å². The van der Waals surface area contributed by atoms with Gasteiger partial charge in [-0.1, -0.05) is 29.8 Å². The molecule has 0 spiro atoms. The van der Waals surface area contributed by atoms with Crippen LogP contribution in [-0.2, 0) is 4.74 Å². The third-order valence-corrected chi connectivity index (χ3v) is 3.22. The van der Waals surface area contributed by atoms with E-state index in [4.69, 9.17) is 21.1 Å². The number of halogens is 1. The predicted molar refractivity (Wildman–Crippen MR) is 88.6 cm³/mol. The van der Waals surface area contributed by atoms with E-state index in [2.05, 4.69) is 0 Å². The second-order valence-corrected chi connectivity index (χ2v) is 5.05. The van der Waals surface area contributed by atoms with Crippen molar-refractivity contribution in [3.8, 4) is 5.75 Å². The van der Waals surface area contributed by atoms with Crippen LogP contribution in [0.1, 0.15) is 15.9 Å². The van der Waals surface area contributed by atoms with Crippen LogP contribution in [0.2, 0.25) is 5.02 Å².